The Kier molecular flexibility index (Phi) is 3.59. The molecule has 0 unspecified atom stereocenters. The molecule has 2 aromatic rings. The van der Waals surface area contributed by atoms with Crippen molar-refractivity contribution in [2.45, 2.75) is 20.0 Å². The molecule has 0 saturated heterocycles. The zero-order valence-electron chi connectivity index (χ0n) is 10.5. The number of aryl methyl sites for hydroxylation is 2. The second-order valence-electron chi connectivity index (χ2n) is 4.05. The van der Waals surface area contributed by atoms with Gasteiger partial charge in [0.2, 0.25) is 0 Å². The Morgan fingerprint density at radius 3 is 2.74 bits per heavy atom. The molecule has 0 aromatic carbocycles. The van der Waals surface area contributed by atoms with Gasteiger partial charge in [-0.2, -0.15) is 19.0 Å². The van der Waals surface area contributed by atoms with Gasteiger partial charge in [-0.1, -0.05) is 0 Å². The fourth-order valence-electron chi connectivity index (χ4n) is 1.66. The molecule has 1 N–H and O–H groups in total. The second kappa shape index (κ2) is 5.17. The molecule has 0 fully saturated rings. The van der Waals surface area contributed by atoms with Crippen molar-refractivity contribution < 1.29 is 13.6 Å². The van der Waals surface area contributed by atoms with Gasteiger partial charge >= 0.3 is 6.55 Å². The van der Waals surface area contributed by atoms with Crippen LogP contribution in [0.2, 0.25) is 0 Å². The first-order valence-electron chi connectivity index (χ1n) is 5.58. The molecule has 0 radical (unpaired) electrons. The van der Waals surface area contributed by atoms with Crippen molar-refractivity contribution in [2.24, 2.45) is 7.05 Å². The summed E-state index contributed by atoms with van der Waals surface area (Å²) in [6.45, 7) is -0.644. The Hall–Kier alpha value is -2.25. The lowest BCUT2D eigenvalue weighted by atomic mass is 10.2. The minimum atomic E-state index is -2.75. The summed E-state index contributed by atoms with van der Waals surface area (Å²) >= 11 is 0. The maximum Gasteiger partial charge on any atom is 0.333 e. The van der Waals surface area contributed by atoms with E-state index in [0.717, 1.165) is 17.5 Å². The molecule has 0 saturated carbocycles. The Bertz CT molecular complexity index is 590. The highest BCUT2D eigenvalue weighted by Crippen LogP contribution is 2.09. The van der Waals surface area contributed by atoms with Crippen molar-refractivity contribution in [2.75, 3.05) is 0 Å². The number of aromatic nitrogens is 4. The van der Waals surface area contributed by atoms with Crippen LogP contribution in [0.25, 0.3) is 0 Å². The van der Waals surface area contributed by atoms with Crippen LogP contribution in [0.1, 0.15) is 28.3 Å². The van der Waals surface area contributed by atoms with Crippen LogP contribution in [0, 0.1) is 6.92 Å². The molecule has 0 bridgehead atoms. The first kappa shape index (κ1) is 13.2. The number of rotatable bonds is 4. The van der Waals surface area contributed by atoms with E-state index in [1.807, 2.05) is 6.92 Å². The zero-order chi connectivity index (χ0) is 14.0. The average molecular weight is 269 g/mol. The normalized spacial score (nSPS) is 11.0. The van der Waals surface area contributed by atoms with Crippen LogP contribution in [-0.2, 0) is 13.6 Å². The molecule has 0 aliphatic carbocycles. The highest BCUT2D eigenvalue weighted by Gasteiger charge is 2.13. The highest BCUT2D eigenvalue weighted by atomic mass is 19.3. The van der Waals surface area contributed by atoms with E-state index in [9.17, 15) is 13.6 Å². The summed E-state index contributed by atoms with van der Waals surface area (Å²) in [5, 5.41) is 10.2. The van der Waals surface area contributed by atoms with E-state index in [1.54, 1.807) is 17.9 Å². The SMILES string of the molecule is Cc1nn(C)cc1CNC(=O)c1ccn(C(F)F)n1. The molecule has 8 heteroatoms. The Labute approximate surface area is 108 Å². The maximum absolute atomic E-state index is 12.3. The van der Waals surface area contributed by atoms with Crippen molar-refractivity contribution in [3.8, 4) is 0 Å². The van der Waals surface area contributed by atoms with Crippen LogP contribution in [0.15, 0.2) is 18.5 Å². The quantitative estimate of drug-likeness (QED) is 0.908. The van der Waals surface area contributed by atoms with Gasteiger partial charge in [-0.05, 0) is 13.0 Å². The van der Waals surface area contributed by atoms with Crippen LogP contribution < -0.4 is 5.32 Å². The third-order valence-corrected chi connectivity index (χ3v) is 2.60. The predicted octanol–water partition coefficient (Wildman–Crippen LogP) is 1.25. The van der Waals surface area contributed by atoms with E-state index >= 15 is 0 Å². The molecule has 6 nitrogen and oxygen atoms in total. The van der Waals surface area contributed by atoms with Gasteiger partial charge in [0.1, 0.15) is 5.69 Å². The maximum atomic E-state index is 12.3. The van der Waals surface area contributed by atoms with E-state index in [-0.39, 0.29) is 12.2 Å². The molecule has 102 valence electrons. The first-order chi connectivity index (χ1) is 8.97. The summed E-state index contributed by atoms with van der Waals surface area (Å²) in [4.78, 5) is 11.7. The van der Waals surface area contributed by atoms with Gasteiger partial charge in [0.15, 0.2) is 0 Å². The second-order valence-corrected chi connectivity index (χ2v) is 4.05. The molecule has 1 amide bonds. The third kappa shape index (κ3) is 2.95. The minimum Gasteiger partial charge on any atom is -0.346 e. The predicted molar refractivity (Wildman–Crippen MR) is 62.6 cm³/mol. The fourth-order valence-corrected chi connectivity index (χ4v) is 1.66. The number of carbonyl (C=O) groups excluding carboxylic acids is 1. The molecule has 19 heavy (non-hydrogen) atoms. The summed E-state index contributed by atoms with van der Waals surface area (Å²) < 4.78 is 26.7. The largest absolute Gasteiger partial charge is 0.346 e. The molecule has 0 aliphatic heterocycles. The number of amides is 1. The van der Waals surface area contributed by atoms with Crippen molar-refractivity contribution in [1.82, 2.24) is 24.9 Å². The summed E-state index contributed by atoms with van der Waals surface area (Å²) in [5.74, 6) is -0.498. The topological polar surface area (TPSA) is 64.7 Å². The van der Waals surface area contributed by atoms with Crippen LogP contribution >= 0.6 is 0 Å². The van der Waals surface area contributed by atoms with E-state index in [2.05, 4.69) is 15.5 Å². The molecule has 2 aromatic heterocycles. The number of carbonyl (C=O) groups is 1. The molecule has 0 aliphatic rings. The lowest BCUT2D eigenvalue weighted by molar-refractivity contribution is 0.0560. The molecule has 0 atom stereocenters. The van der Waals surface area contributed by atoms with E-state index in [4.69, 9.17) is 0 Å². The van der Waals surface area contributed by atoms with Gasteiger partial charge in [0.25, 0.3) is 5.91 Å². The van der Waals surface area contributed by atoms with Crippen molar-refractivity contribution in [3.05, 3.63) is 35.4 Å². The fraction of sp³-hybridized carbons (Fsp3) is 0.364. The molecule has 2 heterocycles. The monoisotopic (exact) mass is 269 g/mol. The number of halogens is 2. The number of hydrogen-bond acceptors (Lipinski definition) is 3. The van der Waals surface area contributed by atoms with Gasteiger partial charge in [0, 0.05) is 31.5 Å². The van der Waals surface area contributed by atoms with Crippen LogP contribution in [0.3, 0.4) is 0 Å². The molecular weight excluding hydrogens is 256 g/mol. The average Bonchev–Trinajstić information content (AvgIpc) is 2.93. The van der Waals surface area contributed by atoms with Crippen LogP contribution in [0.4, 0.5) is 8.78 Å². The lowest BCUT2D eigenvalue weighted by Crippen LogP contribution is -2.23. The van der Waals surface area contributed by atoms with Gasteiger partial charge in [0.05, 0.1) is 5.69 Å². The van der Waals surface area contributed by atoms with Crippen LogP contribution in [0.5, 0.6) is 0 Å². The van der Waals surface area contributed by atoms with Gasteiger partial charge in [-0.15, -0.1) is 0 Å². The van der Waals surface area contributed by atoms with E-state index in [0.29, 0.717) is 4.68 Å². The Morgan fingerprint density at radius 1 is 1.47 bits per heavy atom. The van der Waals surface area contributed by atoms with Crippen molar-refractivity contribution >= 4 is 5.91 Å². The highest BCUT2D eigenvalue weighted by molar-refractivity contribution is 5.92. The minimum absolute atomic E-state index is 0.0400. The van der Waals surface area contributed by atoms with Gasteiger partial charge in [-0.25, -0.2) is 4.68 Å². The summed E-state index contributed by atoms with van der Waals surface area (Å²) in [6, 6.07) is 1.25. The third-order valence-electron chi connectivity index (χ3n) is 2.60. The first-order valence-corrected chi connectivity index (χ1v) is 5.58. The Morgan fingerprint density at radius 2 is 2.21 bits per heavy atom. The Balaban J connectivity index is 1.99. The van der Waals surface area contributed by atoms with Crippen molar-refractivity contribution in [1.29, 1.82) is 0 Å². The molecule has 0 spiro atoms. The smallest absolute Gasteiger partial charge is 0.333 e. The molecular formula is C11H13F2N5O. The lowest BCUT2D eigenvalue weighted by Gasteiger charge is -2.02. The number of nitrogens with zero attached hydrogens (tertiary/aromatic N) is 4. The van der Waals surface area contributed by atoms with E-state index in [1.165, 1.54) is 6.07 Å². The summed E-state index contributed by atoms with van der Waals surface area (Å²) in [6.07, 6.45) is 2.85. The van der Waals surface area contributed by atoms with E-state index < -0.39 is 12.5 Å². The van der Waals surface area contributed by atoms with Gasteiger partial charge < -0.3 is 5.32 Å². The number of hydrogen-bond donors (Lipinski definition) is 1. The number of alkyl halides is 2. The van der Waals surface area contributed by atoms with Crippen molar-refractivity contribution in [3.63, 3.8) is 0 Å². The standard InChI is InChI=1S/C11H13F2N5O/c1-7-8(6-17(2)15-7)5-14-10(19)9-3-4-18(16-9)11(12)13/h3-4,6,11H,5H2,1-2H3,(H,14,19). The summed E-state index contributed by atoms with van der Waals surface area (Å²) in [5.41, 5.74) is 1.63. The molecule has 2 rings (SSSR count). The van der Waals surface area contributed by atoms with Gasteiger partial charge in [-0.3, -0.25) is 9.48 Å². The van der Waals surface area contributed by atoms with Crippen LogP contribution in [-0.4, -0.2) is 25.5 Å². The zero-order valence-corrected chi connectivity index (χ0v) is 10.5. The summed E-state index contributed by atoms with van der Waals surface area (Å²) in [7, 11) is 1.78. The number of nitrogens with one attached hydrogen (secondary N) is 1.